The summed E-state index contributed by atoms with van der Waals surface area (Å²) in [6.07, 6.45) is 1.08. The molecule has 1 aliphatic heterocycles. The molecule has 5 heteroatoms. The number of carbonyl (C=O) groups is 1. The van der Waals surface area contributed by atoms with Crippen molar-refractivity contribution >= 4 is 28.0 Å². The zero-order valence-corrected chi connectivity index (χ0v) is 17.5. The topological polar surface area (TPSA) is 34.0 Å². The van der Waals surface area contributed by atoms with E-state index in [1.54, 1.807) is 7.11 Å². The second kappa shape index (κ2) is 7.94. The molecule has 1 N–H and O–H groups in total. The van der Waals surface area contributed by atoms with Gasteiger partial charge in [0.1, 0.15) is 11.8 Å². The highest BCUT2D eigenvalue weighted by molar-refractivity contribution is 7.10. The van der Waals surface area contributed by atoms with E-state index in [9.17, 15) is 4.79 Å². The Morgan fingerprint density at radius 2 is 2.00 bits per heavy atom. The molecule has 4 nitrogen and oxygen atoms in total. The van der Waals surface area contributed by atoms with Crippen molar-refractivity contribution in [3.8, 4) is 5.75 Å². The lowest BCUT2D eigenvalue weighted by atomic mass is 10.0. The molecule has 0 bridgehead atoms. The molecule has 2 aromatic carbocycles. The Morgan fingerprint density at radius 3 is 2.82 bits per heavy atom. The van der Waals surface area contributed by atoms with Crippen molar-refractivity contribution in [1.29, 1.82) is 0 Å². The third kappa shape index (κ3) is 3.77. The summed E-state index contributed by atoms with van der Waals surface area (Å²) in [4.78, 5) is 17.6. The van der Waals surface area contributed by atoms with Gasteiger partial charge in [0.05, 0.1) is 13.7 Å². The molecular formula is C23H27N2O2S+. The van der Waals surface area contributed by atoms with Gasteiger partial charge in [0.2, 0.25) is 0 Å². The van der Waals surface area contributed by atoms with Crippen LogP contribution in [0, 0.1) is 0 Å². The predicted octanol–water partition coefficient (Wildman–Crippen LogP) is 3.07. The van der Waals surface area contributed by atoms with Crippen molar-refractivity contribution in [3.63, 3.8) is 0 Å². The molecule has 1 aromatic heterocycles. The first-order valence-electron chi connectivity index (χ1n) is 9.76. The molecule has 0 aliphatic carbocycles. The fourth-order valence-corrected chi connectivity index (χ4v) is 5.06. The van der Waals surface area contributed by atoms with Crippen LogP contribution in [0.1, 0.15) is 29.0 Å². The summed E-state index contributed by atoms with van der Waals surface area (Å²) >= 11 is 1.84. The molecule has 1 unspecified atom stereocenters. The van der Waals surface area contributed by atoms with Crippen molar-refractivity contribution in [2.24, 2.45) is 0 Å². The zero-order valence-electron chi connectivity index (χ0n) is 16.7. The number of thiophene rings is 1. The van der Waals surface area contributed by atoms with Crippen molar-refractivity contribution in [2.75, 3.05) is 27.2 Å². The van der Waals surface area contributed by atoms with Crippen LogP contribution in [0.25, 0.3) is 10.8 Å². The summed E-state index contributed by atoms with van der Waals surface area (Å²) in [5.74, 6) is 1.07. The van der Waals surface area contributed by atoms with E-state index < -0.39 is 0 Å². The number of nitrogens with zero attached hydrogens (tertiary/aromatic N) is 1. The first-order valence-corrected chi connectivity index (χ1v) is 10.6. The fraction of sp³-hybridized carbons (Fsp3) is 0.348. The lowest BCUT2D eigenvalue weighted by molar-refractivity contribution is -0.924. The second-order valence-electron chi connectivity index (χ2n) is 7.65. The number of fused-ring (bicyclic) bond motifs is 2. The highest BCUT2D eigenvalue weighted by atomic mass is 32.1. The van der Waals surface area contributed by atoms with Gasteiger partial charge in [-0.3, -0.25) is 4.79 Å². The van der Waals surface area contributed by atoms with E-state index in [-0.39, 0.29) is 5.91 Å². The summed E-state index contributed by atoms with van der Waals surface area (Å²) in [7, 11) is 3.59. The van der Waals surface area contributed by atoms with Crippen molar-refractivity contribution in [1.82, 2.24) is 4.90 Å². The van der Waals surface area contributed by atoms with E-state index in [0.29, 0.717) is 19.1 Å². The van der Waals surface area contributed by atoms with Gasteiger partial charge < -0.3 is 14.5 Å². The Labute approximate surface area is 170 Å². The quantitative estimate of drug-likeness (QED) is 0.720. The van der Waals surface area contributed by atoms with Crippen LogP contribution in [-0.2, 0) is 17.8 Å². The fourth-order valence-electron chi connectivity index (χ4n) is 4.08. The number of quaternary nitrogens is 1. The summed E-state index contributed by atoms with van der Waals surface area (Å²) in [5, 5.41) is 4.49. The largest absolute Gasteiger partial charge is 0.497 e. The molecule has 2 heterocycles. The number of benzene rings is 2. The summed E-state index contributed by atoms with van der Waals surface area (Å²) in [5.41, 5.74) is 2.57. The smallest absolute Gasteiger partial charge is 0.277 e. The molecule has 0 fully saturated rings. The molecule has 1 amide bonds. The standard InChI is InChI=1S/C23H26N2O2S/c1-16-21-9-11-28-22(21)8-10-25(16)15-23(26)24(2)14-17-4-5-19-13-20(27-3)7-6-18(19)12-17/h4-7,9,11-13,16H,8,10,14-15H2,1-3H3/p+1/t16-/m0/s1. The van der Waals surface area contributed by atoms with Gasteiger partial charge in [-0.2, -0.15) is 0 Å². The molecule has 146 valence electrons. The molecule has 0 spiro atoms. The van der Waals surface area contributed by atoms with Crippen molar-refractivity contribution in [2.45, 2.75) is 25.9 Å². The minimum atomic E-state index is 0.204. The normalized spacial score (nSPS) is 18.7. The number of hydrogen-bond acceptors (Lipinski definition) is 3. The van der Waals surface area contributed by atoms with Gasteiger partial charge >= 0.3 is 0 Å². The van der Waals surface area contributed by atoms with Crippen molar-refractivity contribution in [3.05, 3.63) is 63.8 Å². The minimum Gasteiger partial charge on any atom is -0.497 e. The van der Waals surface area contributed by atoms with Gasteiger partial charge in [0.15, 0.2) is 6.54 Å². The third-order valence-corrected chi connectivity index (χ3v) is 6.86. The van der Waals surface area contributed by atoms with E-state index in [4.69, 9.17) is 4.74 Å². The first-order chi connectivity index (χ1) is 13.5. The molecule has 1 aliphatic rings. The Kier molecular flexibility index (Phi) is 5.38. The van der Waals surface area contributed by atoms with Gasteiger partial charge in [-0.1, -0.05) is 18.2 Å². The Bertz CT molecular complexity index is 997. The summed E-state index contributed by atoms with van der Waals surface area (Å²) < 4.78 is 5.29. The number of methoxy groups -OCH3 is 1. The monoisotopic (exact) mass is 395 g/mol. The van der Waals surface area contributed by atoms with E-state index in [1.165, 1.54) is 20.7 Å². The number of rotatable bonds is 5. The molecule has 28 heavy (non-hydrogen) atoms. The highest BCUT2D eigenvalue weighted by Gasteiger charge is 2.30. The third-order valence-electron chi connectivity index (χ3n) is 5.87. The first kappa shape index (κ1) is 19.0. The molecule has 4 rings (SSSR count). The number of amides is 1. The average molecular weight is 396 g/mol. The molecule has 0 saturated heterocycles. The van der Waals surface area contributed by atoms with Crippen LogP contribution in [-0.4, -0.2) is 38.1 Å². The zero-order chi connectivity index (χ0) is 19.7. The maximum atomic E-state index is 12.8. The molecule has 2 atom stereocenters. The summed E-state index contributed by atoms with van der Waals surface area (Å²) in [6.45, 7) is 4.46. The molecular weight excluding hydrogens is 368 g/mol. The average Bonchev–Trinajstić information content (AvgIpc) is 3.19. The Balaban J connectivity index is 1.41. The summed E-state index contributed by atoms with van der Waals surface area (Å²) in [6, 6.07) is 15.0. The van der Waals surface area contributed by atoms with Crippen LogP contribution in [0.15, 0.2) is 47.8 Å². The SMILES string of the molecule is COc1ccc2cc(CN(C)C(=O)C[NH+]3CCc4sccc4[C@@H]3C)ccc2c1. The molecule has 0 radical (unpaired) electrons. The van der Waals surface area contributed by atoms with E-state index in [1.807, 2.05) is 35.4 Å². The minimum absolute atomic E-state index is 0.204. The number of nitrogens with one attached hydrogen (secondary N) is 1. The van der Waals surface area contributed by atoms with Gasteiger partial charge in [0, 0.05) is 30.5 Å². The lowest BCUT2D eigenvalue weighted by Gasteiger charge is -2.31. The maximum Gasteiger partial charge on any atom is 0.277 e. The van der Waals surface area contributed by atoms with Crippen LogP contribution in [0.3, 0.4) is 0 Å². The highest BCUT2D eigenvalue weighted by Crippen LogP contribution is 2.25. The van der Waals surface area contributed by atoms with E-state index >= 15 is 0 Å². The lowest BCUT2D eigenvalue weighted by Crippen LogP contribution is -3.14. The predicted molar refractivity (Wildman–Crippen MR) is 114 cm³/mol. The van der Waals surface area contributed by atoms with Crippen LogP contribution >= 0.6 is 11.3 Å². The number of carbonyl (C=O) groups excluding carboxylic acids is 1. The van der Waals surface area contributed by atoms with Crippen LogP contribution in [0.5, 0.6) is 5.75 Å². The maximum absolute atomic E-state index is 12.8. The van der Waals surface area contributed by atoms with Crippen molar-refractivity contribution < 1.29 is 14.4 Å². The molecule has 0 saturated carbocycles. The molecule has 3 aromatic rings. The number of ether oxygens (including phenoxy) is 1. The van der Waals surface area contributed by atoms with Crippen LogP contribution in [0.2, 0.25) is 0 Å². The second-order valence-corrected chi connectivity index (χ2v) is 8.65. The number of hydrogen-bond donors (Lipinski definition) is 1. The van der Waals surface area contributed by atoms with Crippen LogP contribution in [0.4, 0.5) is 0 Å². The Morgan fingerprint density at radius 1 is 1.21 bits per heavy atom. The van der Waals surface area contributed by atoms with Gasteiger partial charge in [-0.05, 0) is 52.9 Å². The van der Waals surface area contributed by atoms with E-state index in [2.05, 4.69) is 42.6 Å². The van der Waals surface area contributed by atoms with Gasteiger partial charge in [-0.25, -0.2) is 0 Å². The van der Waals surface area contributed by atoms with Gasteiger partial charge in [-0.15, -0.1) is 11.3 Å². The van der Waals surface area contributed by atoms with E-state index in [0.717, 1.165) is 29.7 Å². The van der Waals surface area contributed by atoms with Crippen LogP contribution < -0.4 is 9.64 Å². The Hall–Kier alpha value is -2.37. The number of likely N-dealkylation sites (N-methyl/N-ethyl adjacent to an activating group) is 1. The van der Waals surface area contributed by atoms with Gasteiger partial charge in [0.25, 0.3) is 5.91 Å².